The number of hydrogen-bond acceptors (Lipinski definition) is 4. The largest absolute Gasteiger partial charge is 0.481 e. The van der Waals surface area contributed by atoms with Gasteiger partial charge in [0.2, 0.25) is 5.91 Å². The molecule has 0 aliphatic carbocycles. The highest BCUT2D eigenvalue weighted by Crippen LogP contribution is 2.30. The number of rotatable bonds is 5. The minimum absolute atomic E-state index is 0.103. The molecule has 0 spiro atoms. The van der Waals surface area contributed by atoms with Crippen molar-refractivity contribution in [3.63, 3.8) is 0 Å². The van der Waals surface area contributed by atoms with Crippen LogP contribution < -0.4 is 0 Å². The Hall–Kier alpha value is -2.90. The number of benzene rings is 1. The van der Waals surface area contributed by atoms with Crippen molar-refractivity contribution in [2.75, 3.05) is 19.6 Å². The molecule has 1 aromatic rings. The lowest BCUT2D eigenvalue weighted by Crippen LogP contribution is -2.54. The maximum atomic E-state index is 12.8. The number of nitrogens with zero attached hydrogens (tertiary/aromatic N) is 3. The Morgan fingerprint density at radius 2 is 1.85 bits per heavy atom. The van der Waals surface area contributed by atoms with Crippen LogP contribution in [0.5, 0.6) is 0 Å². The first-order valence-electron chi connectivity index (χ1n) is 8.58. The van der Waals surface area contributed by atoms with Gasteiger partial charge in [-0.25, -0.2) is 4.79 Å². The Labute approximate surface area is 151 Å². The van der Waals surface area contributed by atoms with Gasteiger partial charge in [-0.3, -0.25) is 19.3 Å². The molecule has 2 atom stereocenters. The van der Waals surface area contributed by atoms with E-state index in [1.165, 1.54) is 14.7 Å². The summed E-state index contributed by atoms with van der Waals surface area (Å²) in [6, 6.07) is 7.88. The van der Waals surface area contributed by atoms with Crippen molar-refractivity contribution in [1.82, 2.24) is 14.7 Å². The van der Waals surface area contributed by atoms with Gasteiger partial charge in [0.1, 0.15) is 6.04 Å². The molecule has 1 aromatic carbocycles. The standard InChI is InChI=1S/C18H21N3O5/c1-12(13-5-3-2-4-6-13)21-17(25)14-11-19(9-10-20(14)18(21)26)15(22)7-8-16(23)24/h2-6,12,14H,7-11H2,1H3,(H,23,24). The van der Waals surface area contributed by atoms with Crippen molar-refractivity contribution >= 4 is 23.8 Å². The Morgan fingerprint density at radius 1 is 1.15 bits per heavy atom. The predicted octanol–water partition coefficient (Wildman–Crippen LogP) is 1.09. The average molecular weight is 359 g/mol. The number of hydrogen-bond donors (Lipinski definition) is 1. The highest BCUT2D eigenvalue weighted by Gasteiger charge is 2.49. The van der Waals surface area contributed by atoms with Crippen LogP contribution in [0.25, 0.3) is 0 Å². The van der Waals surface area contributed by atoms with Gasteiger partial charge in [-0.1, -0.05) is 30.3 Å². The molecule has 2 unspecified atom stereocenters. The summed E-state index contributed by atoms with van der Waals surface area (Å²) in [5.41, 5.74) is 0.864. The number of carboxylic acid groups (broad SMARTS) is 1. The van der Waals surface area contributed by atoms with Crippen LogP contribution in [0.3, 0.4) is 0 Å². The van der Waals surface area contributed by atoms with Gasteiger partial charge in [0.25, 0.3) is 5.91 Å². The van der Waals surface area contributed by atoms with Crippen LogP contribution in [0.1, 0.15) is 31.4 Å². The molecular weight excluding hydrogens is 338 g/mol. The third kappa shape index (κ3) is 3.26. The number of imide groups is 1. The minimum atomic E-state index is -1.04. The zero-order chi connectivity index (χ0) is 18.8. The first-order chi connectivity index (χ1) is 12.4. The SMILES string of the molecule is CC(c1ccccc1)N1C(=O)C2CN(C(=O)CCC(=O)O)CCN2C1=O. The molecule has 8 nitrogen and oxygen atoms in total. The van der Waals surface area contributed by atoms with Gasteiger partial charge < -0.3 is 14.9 Å². The summed E-state index contributed by atoms with van der Waals surface area (Å²) in [7, 11) is 0. The highest BCUT2D eigenvalue weighted by atomic mass is 16.4. The normalized spacial score (nSPS) is 21.0. The maximum Gasteiger partial charge on any atom is 0.328 e. The molecule has 1 N–H and O–H groups in total. The number of urea groups is 1. The second kappa shape index (κ2) is 7.15. The van der Waals surface area contributed by atoms with E-state index >= 15 is 0 Å². The van der Waals surface area contributed by atoms with Crippen molar-refractivity contribution in [1.29, 1.82) is 0 Å². The van der Waals surface area contributed by atoms with Crippen LogP contribution in [0.4, 0.5) is 4.79 Å². The van der Waals surface area contributed by atoms with Gasteiger partial charge in [-0.05, 0) is 12.5 Å². The zero-order valence-corrected chi connectivity index (χ0v) is 14.5. The van der Waals surface area contributed by atoms with Crippen molar-refractivity contribution in [3.05, 3.63) is 35.9 Å². The monoisotopic (exact) mass is 359 g/mol. The molecule has 2 aliphatic rings. The molecular formula is C18H21N3O5. The number of carboxylic acids is 1. The maximum absolute atomic E-state index is 12.8. The molecule has 2 fully saturated rings. The van der Waals surface area contributed by atoms with Gasteiger partial charge in [0, 0.05) is 19.5 Å². The summed E-state index contributed by atoms with van der Waals surface area (Å²) >= 11 is 0. The van der Waals surface area contributed by atoms with Crippen molar-refractivity contribution in [3.8, 4) is 0 Å². The van der Waals surface area contributed by atoms with Gasteiger partial charge >= 0.3 is 12.0 Å². The number of carbonyl (C=O) groups excluding carboxylic acids is 3. The van der Waals surface area contributed by atoms with Crippen molar-refractivity contribution < 1.29 is 24.3 Å². The van der Waals surface area contributed by atoms with Crippen molar-refractivity contribution in [2.45, 2.75) is 31.8 Å². The predicted molar refractivity (Wildman–Crippen MR) is 91.0 cm³/mol. The number of amides is 4. The minimum Gasteiger partial charge on any atom is -0.481 e. The van der Waals surface area contributed by atoms with Crippen LogP contribution >= 0.6 is 0 Å². The summed E-state index contributed by atoms with van der Waals surface area (Å²) in [5, 5.41) is 8.71. The summed E-state index contributed by atoms with van der Waals surface area (Å²) in [6.45, 7) is 2.49. The van der Waals surface area contributed by atoms with E-state index in [1.54, 1.807) is 6.92 Å². The van der Waals surface area contributed by atoms with Crippen LogP contribution in [-0.4, -0.2) is 69.3 Å². The van der Waals surface area contributed by atoms with E-state index in [0.717, 1.165) is 5.56 Å². The van der Waals surface area contributed by atoms with Gasteiger partial charge in [0.05, 0.1) is 19.0 Å². The third-order valence-corrected chi connectivity index (χ3v) is 4.93. The highest BCUT2D eigenvalue weighted by molar-refractivity contribution is 6.05. The zero-order valence-electron chi connectivity index (χ0n) is 14.5. The summed E-state index contributed by atoms with van der Waals surface area (Å²) in [5.74, 6) is -1.66. The summed E-state index contributed by atoms with van der Waals surface area (Å²) in [6.07, 6.45) is -0.345. The Morgan fingerprint density at radius 3 is 2.50 bits per heavy atom. The van der Waals surface area contributed by atoms with Crippen molar-refractivity contribution in [2.24, 2.45) is 0 Å². The van der Waals surface area contributed by atoms with Crippen LogP contribution in [-0.2, 0) is 14.4 Å². The molecule has 2 aliphatic heterocycles. The second-order valence-corrected chi connectivity index (χ2v) is 6.52. The van der Waals surface area contributed by atoms with E-state index in [4.69, 9.17) is 5.11 Å². The molecule has 0 aromatic heterocycles. The molecule has 26 heavy (non-hydrogen) atoms. The molecule has 0 radical (unpaired) electrons. The van der Waals surface area contributed by atoms with Gasteiger partial charge in [-0.15, -0.1) is 0 Å². The lowest BCUT2D eigenvalue weighted by atomic mass is 10.1. The average Bonchev–Trinajstić information content (AvgIpc) is 2.90. The van der Waals surface area contributed by atoms with Gasteiger partial charge in [-0.2, -0.15) is 0 Å². The first-order valence-corrected chi connectivity index (χ1v) is 8.58. The molecule has 0 bridgehead atoms. The second-order valence-electron chi connectivity index (χ2n) is 6.52. The first kappa shape index (κ1) is 17.9. The lowest BCUT2D eigenvalue weighted by molar-refractivity contribution is -0.142. The summed E-state index contributed by atoms with van der Waals surface area (Å²) in [4.78, 5) is 52.6. The number of piperazine rings is 1. The molecule has 8 heteroatoms. The fourth-order valence-corrected chi connectivity index (χ4v) is 3.45. The Balaban J connectivity index is 1.72. The van der Waals surface area contributed by atoms with E-state index in [9.17, 15) is 19.2 Å². The Bertz CT molecular complexity index is 736. The van der Waals surface area contributed by atoms with Gasteiger partial charge in [0.15, 0.2) is 0 Å². The molecule has 4 amide bonds. The Kier molecular flexibility index (Phi) is 4.92. The van der Waals surface area contributed by atoms with E-state index in [1.807, 2.05) is 30.3 Å². The number of carbonyl (C=O) groups is 4. The third-order valence-electron chi connectivity index (χ3n) is 4.93. The lowest BCUT2D eigenvalue weighted by Gasteiger charge is -2.35. The molecule has 0 saturated carbocycles. The molecule has 2 heterocycles. The smallest absolute Gasteiger partial charge is 0.328 e. The van der Waals surface area contributed by atoms with E-state index < -0.39 is 18.1 Å². The fourth-order valence-electron chi connectivity index (χ4n) is 3.45. The molecule has 2 saturated heterocycles. The number of fused-ring (bicyclic) bond motifs is 1. The molecule has 138 valence electrons. The topological polar surface area (TPSA) is 98.2 Å². The molecule has 3 rings (SSSR count). The van der Waals surface area contributed by atoms with Crippen LogP contribution in [0.2, 0.25) is 0 Å². The van der Waals surface area contributed by atoms with E-state index in [-0.39, 0.29) is 43.8 Å². The van der Waals surface area contributed by atoms with E-state index in [0.29, 0.717) is 6.54 Å². The number of aliphatic carboxylic acids is 1. The van der Waals surface area contributed by atoms with Crippen LogP contribution in [0.15, 0.2) is 30.3 Å². The van der Waals surface area contributed by atoms with Crippen LogP contribution in [0, 0.1) is 0 Å². The summed E-state index contributed by atoms with van der Waals surface area (Å²) < 4.78 is 0. The fraction of sp³-hybridized carbons (Fsp3) is 0.444. The van der Waals surface area contributed by atoms with E-state index in [2.05, 4.69) is 0 Å². The quantitative estimate of drug-likeness (QED) is 0.794.